The van der Waals surface area contributed by atoms with Gasteiger partial charge in [0.15, 0.2) is 5.17 Å². The Morgan fingerprint density at radius 1 is 0.897 bits per heavy atom. The van der Waals surface area contributed by atoms with E-state index in [1.807, 2.05) is 59.5 Å². The van der Waals surface area contributed by atoms with Crippen molar-refractivity contribution in [2.45, 2.75) is 0 Å². The van der Waals surface area contributed by atoms with Crippen LogP contribution in [0.4, 0.5) is 0 Å². The first-order valence-corrected chi connectivity index (χ1v) is 10.4. The number of thioether (sulfide) groups is 1. The molecule has 1 fully saturated rings. The molecule has 0 spiro atoms. The lowest BCUT2D eigenvalue weighted by atomic mass is 10.1. The third kappa shape index (κ3) is 5.49. The Morgan fingerprint density at radius 3 is 2.17 bits per heavy atom. The van der Waals surface area contributed by atoms with E-state index in [4.69, 9.17) is 0 Å². The highest BCUT2D eigenvalue weighted by Gasteiger charge is 2.24. The van der Waals surface area contributed by atoms with Gasteiger partial charge in [0.05, 0.1) is 5.71 Å². The lowest BCUT2D eigenvalue weighted by Crippen LogP contribution is -2.50. The summed E-state index contributed by atoms with van der Waals surface area (Å²) in [7, 11) is 0. The molecule has 0 N–H and O–H groups in total. The molecule has 2 aromatic carbocycles. The lowest BCUT2D eigenvalue weighted by Gasteiger charge is -2.35. The van der Waals surface area contributed by atoms with Gasteiger partial charge in [-0.15, -0.1) is 17.5 Å². The van der Waals surface area contributed by atoms with Crippen LogP contribution in [0.2, 0.25) is 0 Å². The Balaban J connectivity index is 0.00000240. The van der Waals surface area contributed by atoms with E-state index in [0.29, 0.717) is 13.1 Å². The van der Waals surface area contributed by atoms with E-state index in [9.17, 15) is 4.79 Å². The Kier molecular flexibility index (Phi) is 7.49. The second kappa shape index (κ2) is 10.3. The zero-order valence-corrected chi connectivity index (χ0v) is 17.6. The summed E-state index contributed by atoms with van der Waals surface area (Å²) < 4.78 is 0. The van der Waals surface area contributed by atoms with Gasteiger partial charge in [0.2, 0.25) is 5.91 Å². The quantitative estimate of drug-likeness (QED) is 0.702. The van der Waals surface area contributed by atoms with Crippen LogP contribution in [0.1, 0.15) is 11.1 Å². The Bertz CT molecular complexity index is 907. The first-order valence-electron chi connectivity index (χ1n) is 9.39. The number of piperazine rings is 1. The van der Waals surface area contributed by atoms with Gasteiger partial charge in [0.25, 0.3) is 0 Å². The molecular weight excluding hydrogens is 404 g/mol. The van der Waals surface area contributed by atoms with Crippen molar-refractivity contribution in [2.24, 2.45) is 10.2 Å². The van der Waals surface area contributed by atoms with E-state index < -0.39 is 0 Å². The summed E-state index contributed by atoms with van der Waals surface area (Å²) >= 11 is 1.72. The number of amides is 1. The van der Waals surface area contributed by atoms with Crippen molar-refractivity contribution in [3.05, 3.63) is 77.9 Å². The van der Waals surface area contributed by atoms with Crippen molar-refractivity contribution in [1.82, 2.24) is 9.80 Å². The van der Waals surface area contributed by atoms with Crippen LogP contribution in [0.5, 0.6) is 0 Å². The highest BCUT2D eigenvalue weighted by molar-refractivity contribution is 8.14. The van der Waals surface area contributed by atoms with Crippen molar-refractivity contribution in [3.63, 3.8) is 0 Å². The maximum Gasteiger partial charge on any atom is 0.246 e. The van der Waals surface area contributed by atoms with Gasteiger partial charge in [-0.25, -0.2) is 0 Å². The van der Waals surface area contributed by atoms with Crippen LogP contribution < -0.4 is 0 Å². The van der Waals surface area contributed by atoms with E-state index in [-0.39, 0.29) is 18.3 Å². The molecule has 2 heterocycles. The van der Waals surface area contributed by atoms with Crippen LogP contribution in [-0.4, -0.2) is 58.5 Å². The first-order chi connectivity index (χ1) is 13.8. The zero-order valence-electron chi connectivity index (χ0n) is 16.0. The molecule has 150 valence electrons. The second-order valence-electron chi connectivity index (χ2n) is 6.64. The number of carbonyl (C=O) groups excluding carboxylic acids is 1. The number of hydrogen-bond donors (Lipinski definition) is 0. The SMILES string of the molecule is Cl.O=C(/C=C/c1ccccc1)N1CCN(C2=NN=C(c3ccccc3)CS2)CC1. The van der Waals surface area contributed by atoms with Crippen molar-refractivity contribution in [2.75, 3.05) is 31.9 Å². The maximum absolute atomic E-state index is 12.4. The normalized spacial score (nSPS) is 16.8. The third-order valence-electron chi connectivity index (χ3n) is 4.78. The summed E-state index contributed by atoms with van der Waals surface area (Å²) in [5, 5.41) is 9.81. The number of carbonyl (C=O) groups is 1. The molecule has 2 aromatic rings. The van der Waals surface area contributed by atoms with Gasteiger partial charge in [-0.3, -0.25) is 4.79 Å². The molecule has 1 amide bonds. The van der Waals surface area contributed by atoms with E-state index in [1.54, 1.807) is 17.8 Å². The van der Waals surface area contributed by atoms with Gasteiger partial charge < -0.3 is 9.80 Å². The molecular formula is C22H23ClN4OS. The number of nitrogens with zero attached hydrogens (tertiary/aromatic N) is 4. The molecule has 2 aliphatic rings. The summed E-state index contributed by atoms with van der Waals surface area (Å²) in [6.07, 6.45) is 3.53. The van der Waals surface area contributed by atoms with Crippen LogP contribution in [-0.2, 0) is 4.79 Å². The highest BCUT2D eigenvalue weighted by atomic mass is 35.5. The predicted molar refractivity (Wildman–Crippen MR) is 124 cm³/mol. The minimum Gasteiger partial charge on any atom is -0.346 e. The van der Waals surface area contributed by atoms with E-state index in [1.165, 1.54) is 0 Å². The van der Waals surface area contributed by atoms with Crippen molar-refractivity contribution < 1.29 is 4.79 Å². The number of benzene rings is 2. The molecule has 2 aliphatic heterocycles. The van der Waals surface area contributed by atoms with Crippen LogP contribution in [0.25, 0.3) is 6.08 Å². The summed E-state index contributed by atoms with van der Waals surface area (Å²) in [5.74, 6) is 0.882. The Morgan fingerprint density at radius 2 is 1.55 bits per heavy atom. The maximum atomic E-state index is 12.4. The van der Waals surface area contributed by atoms with Crippen molar-refractivity contribution in [1.29, 1.82) is 0 Å². The summed E-state index contributed by atoms with van der Waals surface area (Å²) in [4.78, 5) is 16.5. The van der Waals surface area contributed by atoms with E-state index in [2.05, 4.69) is 27.2 Å². The molecule has 0 unspecified atom stereocenters. The van der Waals surface area contributed by atoms with Crippen LogP contribution in [0, 0.1) is 0 Å². The van der Waals surface area contributed by atoms with E-state index >= 15 is 0 Å². The predicted octanol–water partition coefficient (Wildman–Crippen LogP) is 3.77. The minimum absolute atomic E-state index is 0. The summed E-state index contributed by atoms with van der Waals surface area (Å²) in [5.41, 5.74) is 3.17. The summed E-state index contributed by atoms with van der Waals surface area (Å²) in [6.45, 7) is 2.97. The highest BCUT2D eigenvalue weighted by Crippen LogP contribution is 2.19. The van der Waals surface area contributed by atoms with Crippen LogP contribution in [0.15, 0.2) is 76.9 Å². The van der Waals surface area contributed by atoms with Crippen molar-refractivity contribution >= 4 is 47.0 Å². The fourth-order valence-corrected chi connectivity index (χ4v) is 4.13. The first kappa shape index (κ1) is 21.1. The molecule has 0 aromatic heterocycles. The largest absolute Gasteiger partial charge is 0.346 e. The molecule has 0 atom stereocenters. The zero-order chi connectivity index (χ0) is 19.2. The average Bonchev–Trinajstić information content (AvgIpc) is 2.79. The van der Waals surface area contributed by atoms with E-state index in [0.717, 1.165) is 40.8 Å². The second-order valence-corrected chi connectivity index (χ2v) is 7.58. The van der Waals surface area contributed by atoms with Gasteiger partial charge in [-0.2, -0.15) is 5.10 Å². The third-order valence-corrected chi connectivity index (χ3v) is 5.80. The smallest absolute Gasteiger partial charge is 0.246 e. The molecule has 0 saturated carbocycles. The van der Waals surface area contributed by atoms with Gasteiger partial charge in [0, 0.05) is 38.0 Å². The van der Waals surface area contributed by atoms with Crippen LogP contribution in [0.3, 0.4) is 0 Å². The fourth-order valence-electron chi connectivity index (χ4n) is 3.18. The monoisotopic (exact) mass is 426 g/mol. The topological polar surface area (TPSA) is 48.3 Å². The Hall–Kier alpha value is -2.57. The average molecular weight is 427 g/mol. The molecule has 7 heteroatoms. The van der Waals surface area contributed by atoms with Gasteiger partial charge in [-0.05, 0) is 17.2 Å². The molecule has 0 radical (unpaired) electrons. The molecule has 0 bridgehead atoms. The number of amidine groups is 1. The van der Waals surface area contributed by atoms with Gasteiger partial charge in [0.1, 0.15) is 0 Å². The minimum atomic E-state index is 0. The number of halogens is 1. The molecule has 5 nitrogen and oxygen atoms in total. The van der Waals surface area contributed by atoms with Gasteiger partial charge in [-0.1, -0.05) is 72.4 Å². The lowest BCUT2D eigenvalue weighted by molar-refractivity contribution is -0.127. The van der Waals surface area contributed by atoms with Crippen LogP contribution >= 0.6 is 24.2 Å². The summed E-state index contributed by atoms with van der Waals surface area (Å²) in [6, 6.07) is 20.1. The molecule has 1 saturated heterocycles. The van der Waals surface area contributed by atoms with Gasteiger partial charge >= 0.3 is 0 Å². The fraction of sp³-hybridized carbons (Fsp3) is 0.227. The Labute approximate surface area is 181 Å². The van der Waals surface area contributed by atoms with Crippen molar-refractivity contribution in [3.8, 4) is 0 Å². The molecule has 29 heavy (non-hydrogen) atoms. The molecule has 4 rings (SSSR count). The number of rotatable bonds is 3. The molecule has 0 aliphatic carbocycles. The standard InChI is InChI=1S/C22H22N4OS.ClH/c27-21(12-11-18-7-3-1-4-8-18)25-13-15-26(16-14-25)22-24-23-20(17-28-22)19-9-5-2-6-10-19;/h1-12H,13-17H2;1H/b12-11+;. The number of hydrogen-bond acceptors (Lipinski definition) is 5.